The van der Waals surface area contributed by atoms with Gasteiger partial charge in [0.05, 0.1) is 16.5 Å². The van der Waals surface area contributed by atoms with Crippen LogP contribution < -0.4 is 5.32 Å². The van der Waals surface area contributed by atoms with Crippen LogP contribution in [0.15, 0.2) is 36.4 Å². The van der Waals surface area contributed by atoms with Crippen molar-refractivity contribution in [2.75, 3.05) is 18.9 Å². The molecule has 0 saturated heterocycles. The van der Waals surface area contributed by atoms with E-state index < -0.39 is 16.2 Å². The molecule has 0 aromatic heterocycles. The van der Waals surface area contributed by atoms with Crippen molar-refractivity contribution in [1.82, 2.24) is 4.90 Å². The third-order valence-corrected chi connectivity index (χ3v) is 6.57. The second-order valence-corrected chi connectivity index (χ2v) is 9.56. The molecule has 4 nitrogen and oxygen atoms in total. The second-order valence-electron chi connectivity index (χ2n) is 6.84. The van der Waals surface area contributed by atoms with Gasteiger partial charge in [-0.15, -0.1) is 23.2 Å². The van der Waals surface area contributed by atoms with E-state index in [0.717, 1.165) is 0 Å². The first-order chi connectivity index (χ1) is 13.6. The summed E-state index contributed by atoms with van der Waals surface area (Å²) in [5.41, 5.74) is 1.40. The fraction of sp³-hybridized carbons (Fsp3) is 0.300. The van der Waals surface area contributed by atoms with Crippen LogP contribution in [-0.4, -0.2) is 34.6 Å². The molecule has 154 valence electrons. The van der Waals surface area contributed by atoms with Gasteiger partial charge in [0.1, 0.15) is 4.33 Å². The van der Waals surface area contributed by atoms with Crippen LogP contribution in [0.4, 0.5) is 5.69 Å². The standard InChI is InChI=1S/C20H17Cl5N2O2/c1-3-27(2)19(29)14-9-13(4-5-15(14)23)26-18(28)17-16(20(17,24)25)10-6-11(21)8-12(22)7-10/h4-9,16-17H,3H2,1-2H3,(H,26,28)/t16-,17+/m1/s1. The van der Waals surface area contributed by atoms with Gasteiger partial charge in [-0.1, -0.05) is 34.8 Å². The van der Waals surface area contributed by atoms with Crippen LogP contribution in [0.1, 0.15) is 28.8 Å². The van der Waals surface area contributed by atoms with Crippen molar-refractivity contribution in [2.45, 2.75) is 17.2 Å². The smallest absolute Gasteiger partial charge is 0.255 e. The van der Waals surface area contributed by atoms with Gasteiger partial charge in [-0.3, -0.25) is 9.59 Å². The topological polar surface area (TPSA) is 49.4 Å². The minimum Gasteiger partial charge on any atom is -0.342 e. The van der Waals surface area contributed by atoms with E-state index in [-0.39, 0.29) is 11.8 Å². The average Bonchev–Trinajstić information content (AvgIpc) is 3.23. The van der Waals surface area contributed by atoms with Crippen molar-refractivity contribution >= 4 is 75.5 Å². The fourth-order valence-corrected chi connectivity index (χ4v) is 4.73. The number of hydrogen-bond acceptors (Lipinski definition) is 2. The number of carbonyl (C=O) groups is 2. The third kappa shape index (κ3) is 4.62. The Morgan fingerprint density at radius 1 is 1.07 bits per heavy atom. The Labute approximate surface area is 194 Å². The van der Waals surface area contributed by atoms with E-state index >= 15 is 0 Å². The van der Waals surface area contributed by atoms with Crippen LogP contribution >= 0.6 is 58.0 Å². The Hall–Kier alpha value is -1.17. The summed E-state index contributed by atoms with van der Waals surface area (Å²) in [6.45, 7) is 2.38. The molecule has 1 saturated carbocycles. The molecule has 0 aliphatic heterocycles. The van der Waals surface area contributed by atoms with Crippen molar-refractivity contribution in [2.24, 2.45) is 5.92 Å². The quantitative estimate of drug-likeness (QED) is 0.499. The summed E-state index contributed by atoms with van der Waals surface area (Å²) in [4.78, 5) is 26.8. The molecule has 1 aliphatic carbocycles. The van der Waals surface area contributed by atoms with Crippen LogP contribution in [0.5, 0.6) is 0 Å². The number of hydrogen-bond donors (Lipinski definition) is 1. The molecule has 0 spiro atoms. The molecule has 2 aromatic carbocycles. The summed E-state index contributed by atoms with van der Waals surface area (Å²) >= 11 is 31.0. The zero-order valence-corrected chi connectivity index (χ0v) is 19.3. The molecule has 1 N–H and O–H groups in total. The van der Waals surface area contributed by atoms with E-state index in [0.29, 0.717) is 38.4 Å². The molecule has 1 aliphatic rings. The lowest BCUT2D eigenvalue weighted by Gasteiger charge is -2.16. The molecule has 2 amide bonds. The van der Waals surface area contributed by atoms with Crippen LogP contribution in [0.3, 0.4) is 0 Å². The number of alkyl halides is 2. The third-order valence-electron chi connectivity index (χ3n) is 4.87. The zero-order valence-electron chi connectivity index (χ0n) is 15.5. The largest absolute Gasteiger partial charge is 0.342 e. The zero-order chi connectivity index (χ0) is 21.5. The van der Waals surface area contributed by atoms with E-state index in [1.54, 1.807) is 37.4 Å². The SMILES string of the molecule is CCN(C)C(=O)c1cc(NC(=O)[C@@H]2[C@@H](c3cc(Cl)cc(Cl)c3)C2(Cl)Cl)ccc1Cl. The minimum absolute atomic E-state index is 0.240. The van der Waals surface area contributed by atoms with Gasteiger partial charge >= 0.3 is 0 Å². The van der Waals surface area contributed by atoms with E-state index in [1.807, 2.05) is 6.92 Å². The summed E-state index contributed by atoms with van der Waals surface area (Å²) in [5.74, 6) is -1.77. The number of halogens is 5. The Kier molecular flexibility index (Phi) is 6.62. The molecule has 1 fully saturated rings. The lowest BCUT2D eigenvalue weighted by Crippen LogP contribution is -2.26. The molecule has 29 heavy (non-hydrogen) atoms. The highest BCUT2D eigenvalue weighted by atomic mass is 35.5. The highest BCUT2D eigenvalue weighted by molar-refractivity contribution is 6.53. The van der Waals surface area contributed by atoms with Crippen LogP contribution in [0, 0.1) is 5.92 Å². The van der Waals surface area contributed by atoms with Crippen molar-refractivity contribution in [3.8, 4) is 0 Å². The first-order valence-corrected chi connectivity index (χ1v) is 10.6. The van der Waals surface area contributed by atoms with Crippen molar-refractivity contribution in [3.05, 3.63) is 62.6 Å². The highest BCUT2D eigenvalue weighted by Crippen LogP contribution is 2.65. The Morgan fingerprint density at radius 3 is 2.28 bits per heavy atom. The highest BCUT2D eigenvalue weighted by Gasteiger charge is 2.67. The van der Waals surface area contributed by atoms with Gasteiger partial charge in [0.2, 0.25) is 5.91 Å². The van der Waals surface area contributed by atoms with Gasteiger partial charge in [0.15, 0.2) is 0 Å². The van der Waals surface area contributed by atoms with E-state index in [1.165, 1.54) is 11.0 Å². The number of amides is 2. The average molecular weight is 495 g/mol. The number of carbonyl (C=O) groups excluding carboxylic acids is 2. The first kappa shape index (κ1) is 22.5. The van der Waals surface area contributed by atoms with Crippen molar-refractivity contribution in [1.29, 1.82) is 0 Å². The number of anilines is 1. The lowest BCUT2D eigenvalue weighted by molar-refractivity contribution is -0.117. The number of nitrogens with one attached hydrogen (secondary N) is 1. The van der Waals surface area contributed by atoms with E-state index in [9.17, 15) is 9.59 Å². The van der Waals surface area contributed by atoms with Crippen LogP contribution in [-0.2, 0) is 4.79 Å². The molecular formula is C20H17Cl5N2O2. The molecule has 0 unspecified atom stereocenters. The van der Waals surface area contributed by atoms with Gasteiger partial charge in [-0.2, -0.15) is 0 Å². The molecule has 2 atom stereocenters. The van der Waals surface area contributed by atoms with Gasteiger partial charge < -0.3 is 10.2 Å². The number of nitrogens with zero attached hydrogens (tertiary/aromatic N) is 1. The second kappa shape index (κ2) is 8.52. The first-order valence-electron chi connectivity index (χ1n) is 8.76. The predicted octanol–water partition coefficient (Wildman–Crippen LogP) is 6.26. The van der Waals surface area contributed by atoms with Crippen LogP contribution in [0.2, 0.25) is 15.1 Å². The van der Waals surface area contributed by atoms with Crippen molar-refractivity contribution in [3.63, 3.8) is 0 Å². The van der Waals surface area contributed by atoms with Gasteiger partial charge in [0, 0.05) is 35.2 Å². The Morgan fingerprint density at radius 2 is 1.69 bits per heavy atom. The molecule has 9 heteroatoms. The molecular weight excluding hydrogens is 477 g/mol. The molecule has 0 heterocycles. The van der Waals surface area contributed by atoms with Crippen molar-refractivity contribution < 1.29 is 9.59 Å². The summed E-state index contributed by atoms with van der Waals surface area (Å²) in [5, 5.41) is 3.93. The van der Waals surface area contributed by atoms with E-state index in [2.05, 4.69) is 5.32 Å². The Balaban J connectivity index is 1.81. The van der Waals surface area contributed by atoms with Gasteiger partial charge in [0.25, 0.3) is 5.91 Å². The van der Waals surface area contributed by atoms with E-state index in [4.69, 9.17) is 58.0 Å². The normalized spacial score (nSPS) is 19.6. The summed E-state index contributed by atoms with van der Waals surface area (Å²) in [7, 11) is 1.67. The summed E-state index contributed by atoms with van der Waals surface area (Å²) in [6, 6.07) is 9.67. The van der Waals surface area contributed by atoms with Crippen LogP contribution in [0.25, 0.3) is 0 Å². The molecule has 0 bridgehead atoms. The maximum atomic E-state index is 12.8. The summed E-state index contributed by atoms with van der Waals surface area (Å²) < 4.78 is -1.29. The number of benzene rings is 2. The molecule has 0 radical (unpaired) electrons. The molecule has 2 aromatic rings. The monoisotopic (exact) mass is 492 g/mol. The summed E-state index contributed by atoms with van der Waals surface area (Å²) in [6.07, 6.45) is 0. The Bertz CT molecular complexity index is 959. The fourth-order valence-electron chi connectivity index (χ4n) is 3.16. The maximum Gasteiger partial charge on any atom is 0.255 e. The number of rotatable bonds is 5. The predicted molar refractivity (Wildman–Crippen MR) is 120 cm³/mol. The maximum absolute atomic E-state index is 12.8. The minimum atomic E-state index is -1.29. The van der Waals surface area contributed by atoms with Gasteiger partial charge in [-0.05, 0) is 48.9 Å². The molecule has 3 rings (SSSR count). The van der Waals surface area contributed by atoms with Gasteiger partial charge in [-0.25, -0.2) is 0 Å². The lowest BCUT2D eigenvalue weighted by atomic mass is 10.1.